The first-order valence-electron chi connectivity index (χ1n) is 6.09. The minimum absolute atomic E-state index is 0.0269. The second kappa shape index (κ2) is 5.12. The highest BCUT2D eigenvalue weighted by molar-refractivity contribution is 5.97. The average Bonchev–Trinajstić information content (AvgIpc) is 2.71. The molecule has 0 aliphatic carbocycles. The van der Waals surface area contributed by atoms with Gasteiger partial charge in [-0.25, -0.2) is 4.79 Å². The van der Waals surface area contributed by atoms with Crippen LogP contribution in [-0.2, 0) is 6.42 Å². The molecule has 0 fully saturated rings. The summed E-state index contributed by atoms with van der Waals surface area (Å²) in [5.41, 5.74) is 1.28. The summed E-state index contributed by atoms with van der Waals surface area (Å²) in [6.45, 7) is 4.41. The average molecular weight is 248 g/mol. The maximum Gasteiger partial charge on any atom is 0.372 e. The predicted octanol–water partition coefficient (Wildman–Crippen LogP) is 3.48. The third-order valence-electron chi connectivity index (χ3n) is 2.78. The highest BCUT2D eigenvalue weighted by Gasteiger charge is 2.21. The van der Waals surface area contributed by atoms with E-state index in [4.69, 9.17) is 9.15 Å². The summed E-state index contributed by atoms with van der Waals surface area (Å²) in [5.74, 6) is -0.407. The molecule has 4 nitrogen and oxygen atoms in total. The Bertz CT molecular complexity index is 568. The number of aromatic carboxylic acids is 1. The Morgan fingerprint density at radius 3 is 2.78 bits per heavy atom. The van der Waals surface area contributed by atoms with Gasteiger partial charge in [0.25, 0.3) is 0 Å². The van der Waals surface area contributed by atoms with Crippen molar-refractivity contribution in [2.75, 3.05) is 6.61 Å². The maximum absolute atomic E-state index is 11.2. The highest BCUT2D eigenvalue weighted by Crippen LogP contribution is 2.33. The third-order valence-corrected chi connectivity index (χ3v) is 2.78. The molecule has 2 rings (SSSR count). The van der Waals surface area contributed by atoms with Gasteiger partial charge in [0.05, 0.1) is 6.61 Å². The molecule has 1 aromatic carbocycles. The van der Waals surface area contributed by atoms with E-state index in [9.17, 15) is 9.90 Å². The molecule has 18 heavy (non-hydrogen) atoms. The van der Waals surface area contributed by atoms with Gasteiger partial charge in [0, 0.05) is 10.9 Å². The van der Waals surface area contributed by atoms with Crippen molar-refractivity contribution in [2.45, 2.75) is 26.7 Å². The lowest BCUT2D eigenvalue weighted by molar-refractivity contribution is 0.0663. The molecule has 1 N–H and O–H groups in total. The van der Waals surface area contributed by atoms with Gasteiger partial charge in [-0.05, 0) is 19.4 Å². The molecular formula is C14H16O4. The van der Waals surface area contributed by atoms with E-state index in [1.807, 2.05) is 26.0 Å². The molecule has 0 saturated carbocycles. The molecule has 0 bridgehead atoms. The topological polar surface area (TPSA) is 59.7 Å². The molecule has 1 heterocycles. The highest BCUT2D eigenvalue weighted by atomic mass is 16.5. The number of aryl methyl sites for hydroxylation is 1. The van der Waals surface area contributed by atoms with Crippen LogP contribution >= 0.6 is 0 Å². The van der Waals surface area contributed by atoms with Crippen LogP contribution in [0.25, 0.3) is 11.0 Å². The van der Waals surface area contributed by atoms with Gasteiger partial charge in [0.15, 0.2) is 11.3 Å². The number of benzene rings is 1. The van der Waals surface area contributed by atoms with Crippen LogP contribution in [0.1, 0.15) is 36.4 Å². The summed E-state index contributed by atoms with van der Waals surface area (Å²) in [6.07, 6.45) is 1.55. The van der Waals surface area contributed by atoms with Crippen LogP contribution in [0.2, 0.25) is 0 Å². The van der Waals surface area contributed by atoms with Crippen LogP contribution in [0.4, 0.5) is 0 Å². The van der Waals surface area contributed by atoms with Crippen LogP contribution in [0.5, 0.6) is 5.75 Å². The molecule has 0 aliphatic heterocycles. The number of hydrogen-bond donors (Lipinski definition) is 1. The first kappa shape index (κ1) is 12.5. The molecule has 96 valence electrons. The molecule has 0 radical (unpaired) electrons. The van der Waals surface area contributed by atoms with Crippen molar-refractivity contribution in [2.24, 2.45) is 0 Å². The van der Waals surface area contributed by atoms with E-state index in [0.29, 0.717) is 24.4 Å². The van der Waals surface area contributed by atoms with Gasteiger partial charge >= 0.3 is 5.97 Å². The molecule has 0 unspecified atom stereocenters. The lowest BCUT2D eigenvalue weighted by Crippen LogP contribution is -1.98. The van der Waals surface area contributed by atoms with Gasteiger partial charge in [-0.2, -0.15) is 0 Å². The van der Waals surface area contributed by atoms with Crippen LogP contribution in [-0.4, -0.2) is 17.7 Å². The van der Waals surface area contributed by atoms with Crippen molar-refractivity contribution in [3.63, 3.8) is 0 Å². The monoisotopic (exact) mass is 248 g/mol. The van der Waals surface area contributed by atoms with Gasteiger partial charge in [0.1, 0.15) is 0 Å². The number of carboxylic acid groups (broad SMARTS) is 1. The van der Waals surface area contributed by atoms with E-state index < -0.39 is 5.97 Å². The Balaban J connectivity index is 2.67. The van der Waals surface area contributed by atoms with Crippen LogP contribution in [0.15, 0.2) is 22.6 Å². The zero-order chi connectivity index (χ0) is 13.1. The van der Waals surface area contributed by atoms with E-state index in [1.165, 1.54) is 0 Å². The lowest BCUT2D eigenvalue weighted by atomic mass is 10.1. The van der Waals surface area contributed by atoms with Gasteiger partial charge in [0.2, 0.25) is 5.76 Å². The fraction of sp³-hybridized carbons (Fsp3) is 0.357. The predicted molar refractivity (Wildman–Crippen MR) is 68.3 cm³/mol. The second-order valence-electron chi connectivity index (χ2n) is 4.03. The summed E-state index contributed by atoms with van der Waals surface area (Å²) in [4.78, 5) is 11.2. The number of carbonyl (C=O) groups is 1. The molecule has 0 atom stereocenters. The Kier molecular flexibility index (Phi) is 3.55. The molecule has 0 amide bonds. The number of furan rings is 1. The normalized spacial score (nSPS) is 10.8. The van der Waals surface area contributed by atoms with Crippen molar-refractivity contribution in [1.82, 2.24) is 0 Å². The Hall–Kier alpha value is -1.97. The molecule has 0 saturated heterocycles. The minimum Gasteiger partial charge on any atom is -0.490 e. The summed E-state index contributed by atoms with van der Waals surface area (Å²) in [6, 6.07) is 5.52. The third kappa shape index (κ3) is 2.06. The summed E-state index contributed by atoms with van der Waals surface area (Å²) in [7, 11) is 0. The molecule has 1 aromatic heterocycles. The van der Waals surface area contributed by atoms with E-state index in [2.05, 4.69) is 0 Å². The first-order valence-corrected chi connectivity index (χ1v) is 6.09. The van der Waals surface area contributed by atoms with E-state index in [1.54, 1.807) is 6.07 Å². The second-order valence-corrected chi connectivity index (χ2v) is 4.03. The number of carboxylic acids is 1. The van der Waals surface area contributed by atoms with Gasteiger partial charge in [-0.1, -0.05) is 25.5 Å². The maximum atomic E-state index is 11.2. The van der Waals surface area contributed by atoms with Crippen molar-refractivity contribution < 1.29 is 19.1 Å². The Morgan fingerprint density at radius 2 is 2.17 bits per heavy atom. The molecule has 0 aliphatic rings. The quantitative estimate of drug-likeness (QED) is 0.880. The van der Waals surface area contributed by atoms with Gasteiger partial charge < -0.3 is 14.3 Å². The zero-order valence-corrected chi connectivity index (χ0v) is 10.5. The largest absolute Gasteiger partial charge is 0.490 e. The fourth-order valence-electron chi connectivity index (χ4n) is 2.08. The van der Waals surface area contributed by atoms with E-state index in [-0.39, 0.29) is 5.76 Å². The minimum atomic E-state index is -1.03. The number of fused-ring (bicyclic) bond motifs is 1. The molecule has 0 spiro atoms. The number of para-hydroxylation sites is 1. The molecule has 4 heteroatoms. The van der Waals surface area contributed by atoms with Crippen LogP contribution < -0.4 is 4.74 Å². The smallest absolute Gasteiger partial charge is 0.372 e. The van der Waals surface area contributed by atoms with Crippen molar-refractivity contribution in [3.05, 3.63) is 29.5 Å². The van der Waals surface area contributed by atoms with Crippen LogP contribution in [0.3, 0.4) is 0 Å². The standard InChI is InChI=1S/C14H16O4/c1-3-6-9-10-7-5-8-11(17-4-2)12(10)18-13(9)14(15)16/h5,7-8H,3-4,6H2,1-2H3,(H,15,16). The molecule has 2 aromatic rings. The SMILES string of the molecule is CCCc1c(C(=O)O)oc2c(OCC)cccc12. The number of ether oxygens (including phenoxy) is 1. The van der Waals surface area contributed by atoms with Crippen LogP contribution in [0, 0.1) is 0 Å². The first-order chi connectivity index (χ1) is 8.69. The number of hydrogen-bond acceptors (Lipinski definition) is 3. The molecular weight excluding hydrogens is 232 g/mol. The number of rotatable bonds is 5. The summed E-state index contributed by atoms with van der Waals surface area (Å²) in [5, 5.41) is 10.0. The zero-order valence-electron chi connectivity index (χ0n) is 10.5. The van der Waals surface area contributed by atoms with E-state index >= 15 is 0 Å². The Morgan fingerprint density at radius 1 is 1.39 bits per heavy atom. The van der Waals surface area contributed by atoms with Gasteiger partial charge in [-0.3, -0.25) is 0 Å². The lowest BCUT2D eigenvalue weighted by Gasteiger charge is -2.02. The summed E-state index contributed by atoms with van der Waals surface area (Å²) >= 11 is 0. The summed E-state index contributed by atoms with van der Waals surface area (Å²) < 4.78 is 10.9. The van der Waals surface area contributed by atoms with E-state index in [0.717, 1.165) is 17.4 Å². The Labute approximate surface area is 105 Å². The van der Waals surface area contributed by atoms with Crippen molar-refractivity contribution in [3.8, 4) is 5.75 Å². The fourth-order valence-corrected chi connectivity index (χ4v) is 2.08. The van der Waals surface area contributed by atoms with Crippen molar-refractivity contribution >= 4 is 16.9 Å². The van der Waals surface area contributed by atoms with Gasteiger partial charge in [-0.15, -0.1) is 0 Å². The van der Waals surface area contributed by atoms with Crippen molar-refractivity contribution in [1.29, 1.82) is 0 Å².